The zero-order valence-electron chi connectivity index (χ0n) is 12.5. The van der Waals surface area contributed by atoms with E-state index in [1.54, 1.807) is 4.90 Å². The number of carbonyl (C=O) groups is 2. The van der Waals surface area contributed by atoms with Crippen LogP contribution < -0.4 is 5.32 Å². The summed E-state index contributed by atoms with van der Waals surface area (Å²) in [7, 11) is 0. The van der Waals surface area contributed by atoms with Crippen molar-refractivity contribution in [2.24, 2.45) is 0 Å². The number of rotatable bonds is 4. The Morgan fingerprint density at radius 1 is 1.55 bits per heavy atom. The SMILES string of the molecule is CCCCC(C)(C)OC(=O)N1CCC2(CNC(=O)O2)C1. The summed E-state index contributed by atoms with van der Waals surface area (Å²) in [5.41, 5.74) is -1.00. The van der Waals surface area contributed by atoms with E-state index in [2.05, 4.69) is 12.2 Å². The molecule has 2 amide bonds. The fourth-order valence-electron chi connectivity index (χ4n) is 2.68. The van der Waals surface area contributed by atoms with Gasteiger partial charge in [0.25, 0.3) is 0 Å². The first-order chi connectivity index (χ1) is 9.36. The lowest BCUT2D eigenvalue weighted by Crippen LogP contribution is -2.41. The van der Waals surface area contributed by atoms with Gasteiger partial charge in [-0.05, 0) is 26.7 Å². The molecule has 114 valence electrons. The van der Waals surface area contributed by atoms with Crippen molar-refractivity contribution in [2.75, 3.05) is 19.6 Å². The lowest BCUT2D eigenvalue weighted by atomic mass is 10.0. The van der Waals surface area contributed by atoms with E-state index in [1.807, 2.05) is 13.8 Å². The van der Waals surface area contributed by atoms with Gasteiger partial charge in [0.1, 0.15) is 5.60 Å². The third-order valence-corrected chi connectivity index (χ3v) is 3.93. The molecule has 0 aromatic rings. The first-order valence-electron chi connectivity index (χ1n) is 7.31. The molecular weight excluding hydrogens is 260 g/mol. The van der Waals surface area contributed by atoms with Gasteiger partial charge in [0.05, 0.1) is 13.1 Å². The molecule has 1 N–H and O–H groups in total. The Balaban J connectivity index is 1.87. The number of unbranched alkanes of at least 4 members (excludes halogenated alkanes) is 1. The largest absolute Gasteiger partial charge is 0.443 e. The lowest BCUT2D eigenvalue weighted by molar-refractivity contribution is 0.00473. The van der Waals surface area contributed by atoms with E-state index in [-0.39, 0.29) is 6.09 Å². The molecule has 0 aliphatic carbocycles. The first kappa shape index (κ1) is 14.9. The van der Waals surface area contributed by atoms with E-state index in [9.17, 15) is 9.59 Å². The van der Waals surface area contributed by atoms with Gasteiger partial charge in [-0.2, -0.15) is 0 Å². The Kier molecular flexibility index (Phi) is 4.11. The van der Waals surface area contributed by atoms with Gasteiger partial charge in [-0.15, -0.1) is 0 Å². The normalized spacial score (nSPS) is 25.8. The number of hydrogen-bond acceptors (Lipinski definition) is 4. The fraction of sp³-hybridized carbons (Fsp3) is 0.857. The summed E-state index contributed by atoms with van der Waals surface area (Å²) >= 11 is 0. The van der Waals surface area contributed by atoms with Crippen LogP contribution in [0, 0.1) is 0 Å². The Bertz CT molecular complexity index is 397. The summed E-state index contributed by atoms with van der Waals surface area (Å²) < 4.78 is 10.9. The highest BCUT2D eigenvalue weighted by Gasteiger charge is 2.48. The second kappa shape index (κ2) is 5.50. The molecule has 0 saturated carbocycles. The van der Waals surface area contributed by atoms with E-state index in [0.717, 1.165) is 19.3 Å². The lowest BCUT2D eigenvalue weighted by Gasteiger charge is -2.28. The standard InChI is InChI=1S/C14H24N2O4/c1-4-5-6-13(2,3)20-12(18)16-8-7-14(10-16)9-15-11(17)19-14/h4-10H2,1-3H3,(H,15,17). The van der Waals surface area contributed by atoms with Gasteiger partial charge < -0.3 is 19.7 Å². The molecule has 20 heavy (non-hydrogen) atoms. The number of carbonyl (C=O) groups excluding carboxylic acids is 2. The number of nitrogens with one attached hydrogen (secondary N) is 1. The van der Waals surface area contributed by atoms with Gasteiger partial charge in [-0.1, -0.05) is 13.3 Å². The Labute approximate surface area is 119 Å². The number of likely N-dealkylation sites (tertiary alicyclic amines) is 1. The summed E-state index contributed by atoms with van der Waals surface area (Å²) in [5, 5.41) is 2.65. The molecule has 0 bridgehead atoms. The summed E-state index contributed by atoms with van der Waals surface area (Å²) in [6.45, 7) is 7.43. The van der Waals surface area contributed by atoms with Gasteiger partial charge in [-0.3, -0.25) is 0 Å². The predicted octanol–water partition coefficient (Wildman–Crippen LogP) is 2.28. The van der Waals surface area contributed by atoms with Crippen LogP contribution in [0.1, 0.15) is 46.5 Å². The summed E-state index contributed by atoms with van der Waals surface area (Å²) in [4.78, 5) is 25.0. The molecule has 2 aliphatic rings. The van der Waals surface area contributed by atoms with Gasteiger partial charge in [-0.25, -0.2) is 9.59 Å². The maximum Gasteiger partial charge on any atom is 0.410 e. The maximum absolute atomic E-state index is 12.2. The molecule has 2 rings (SSSR count). The van der Waals surface area contributed by atoms with Crippen molar-refractivity contribution in [3.8, 4) is 0 Å². The average Bonchev–Trinajstić information content (AvgIpc) is 2.94. The van der Waals surface area contributed by atoms with Gasteiger partial charge in [0.2, 0.25) is 0 Å². The molecule has 1 spiro atoms. The molecule has 2 heterocycles. The monoisotopic (exact) mass is 284 g/mol. The smallest absolute Gasteiger partial charge is 0.410 e. The molecule has 2 saturated heterocycles. The Morgan fingerprint density at radius 3 is 2.90 bits per heavy atom. The van der Waals surface area contributed by atoms with Crippen molar-refractivity contribution >= 4 is 12.2 Å². The highest BCUT2D eigenvalue weighted by molar-refractivity contribution is 5.72. The minimum absolute atomic E-state index is 0.314. The van der Waals surface area contributed by atoms with Gasteiger partial charge in [0, 0.05) is 13.0 Å². The highest BCUT2D eigenvalue weighted by Crippen LogP contribution is 2.29. The second-order valence-electron chi connectivity index (χ2n) is 6.33. The topological polar surface area (TPSA) is 67.9 Å². The van der Waals surface area contributed by atoms with Crippen molar-refractivity contribution in [3.63, 3.8) is 0 Å². The van der Waals surface area contributed by atoms with Crippen molar-refractivity contribution in [1.29, 1.82) is 0 Å². The van der Waals surface area contributed by atoms with Crippen LogP contribution in [-0.4, -0.2) is 47.9 Å². The maximum atomic E-state index is 12.2. The molecule has 1 atom stereocenters. The average molecular weight is 284 g/mol. The number of alkyl carbamates (subject to hydrolysis) is 1. The van der Waals surface area contributed by atoms with Crippen molar-refractivity contribution in [3.05, 3.63) is 0 Å². The third kappa shape index (κ3) is 3.35. The molecular formula is C14H24N2O4. The minimum Gasteiger partial charge on any atom is -0.443 e. The molecule has 6 nitrogen and oxygen atoms in total. The van der Waals surface area contributed by atoms with Gasteiger partial charge >= 0.3 is 12.2 Å². The Hall–Kier alpha value is -1.46. The number of amides is 2. The van der Waals surface area contributed by atoms with Gasteiger partial charge in [0.15, 0.2) is 5.60 Å². The van der Waals surface area contributed by atoms with Crippen molar-refractivity contribution in [1.82, 2.24) is 10.2 Å². The first-order valence-corrected chi connectivity index (χ1v) is 7.31. The van der Waals surface area contributed by atoms with E-state index < -0.39 is 17.3 Å². The van der Waals surface area contributed by atoms with Crippen LogP contribution in [0.2, 0.25) is 0 Å². The number of hydrogen-bond donors (Lipinski definition) is 1. The third-order valence-electron chi connectivity index (χ3n) is 3.93. The molecule has 1 unspecified atom stereocenters. The van der Waals surface area contributed by atoms with E-state index in [0.29, 0.717) is 26.1 Å². The van der Waals surface area contributed by atoms with E-state index in [4.69, 9.17) is 9.47 Å². The molecule has 0 aromatic carbocycles. The zero-order chi connectivity index (χ0) is 14.8. The molecule has 0 radical (unpaired) electrons. The van der Waals surface area contributed by atoms with Crippen LogP contribution in [-0.2, 0) is 9.47 Å². The van der Waals surface area contributed by atoms with Crippen LogP contribution >= 0.6 is 0 Å². The van der Waals surface area contributed by atoms with Crippen molar-refractivity contribution < 1.29 is 19.1 Å². The van der Waals surface area contributed by atoms with E-state index in [1.165, 1.54) is 0 Å². The predicted molar refractivity (Wildman–Crippen MR) is 73.5 cm³/mol. The molecule has 2 aliphatic heterocycles. The Morgan fingerprint density at radius 2 is 2.30 bits per heavy atom. The van der Waals surface area contributed by atoms with Crippen LogP contribution in [0.25, 0.3) is 0 Å². The molecule has 2 fully saturated rings. The molecule has 0 aromatic heterocycles. The van der Waals surface area contributed by atoms with Crippen molar-refractivity contribution in [2.45, 2.75) is 57.7 Å². The zero-order valence-corrected chi connectivity index (χ0v) is 12.5. The van der Waals surface area contributed by atoms with Crippen LogP contribution in [0.4, 0.5) is 9.59 Å². The van der Waals surface area contributed by atoms with E-state index >= 15 is 0 Å². The van der Waals surface area contributed by atoms with Crippen LogP contribution in [0.15, 0.2) is 0 Å². The molecule has 6 heteroatoms. The quantitative estimate of drug-likeness (QED) is 0.860. The minimum atomic E-state index is -0.552. The summed E-state index contributed by atoms with van der Waals surface area (Å²) in [6.07, 6.45) is 2.91. The number of ether oxygens (including phenoxy) is 2. The fourth-order valence-corrected chi connectivity index (χ4v) is 2.68. The highest BCUT2D eigenvalue weighted by atomic mass is 16.6. The number of nitrogens with zero attached hydrogens (tertiary/aromatic N) is 1. The van der Waals surface area contributed by atoms with Crippen LogP contribution in [0.3, 0.4) is 0 Å². The summed E-state index contributed by atoms with van der Waals surface area (Å²) in [5.74, 6) is 0. The summed E-state index contributed by atoms with van der Waals surface area (Å²) in [6, 6.07) is 0. The van der Waals surface area contributed by atoms with Crippen LogP contribution in [0.5, 0.6) is 0 Å². The second-order valence-corrected chi connectivity index (χ2v) is 6.33.